The Hall–Kier alpha value is -0.870. The Morgan fingerprint density at radius 3 is 2.79 bits per heavy atom. The summed E-state index contributed by atoms with van der Waals surface area (Å²) in [5.74, 6) is 0.0564. The third-order valence-electron chi connectivity index (χ3n) is 3.20. The molecule has 0 bridgehead atoms. The lowest BCUT2D eigenvalue weighted by Crippen LogP contribution is -2.35. The Morgan fingerprint density at radius 2 is 2.21 bits per heavy atom. The van der Waals surface area contributed by atoms with Crippen molar-refractivity contribution in [3.63, 3.8) is 0 Å². The third-order valence-corrected chi connectivity index (χ3v) is 4.09. The van der Waals surface area contributed by atoms with Gasteiger partial charge in [0.2, 0.25) is 5.91 Å². The number of amides is 1. The fourth-order valence-electron chi connectivity index (χ4n) is 1.95. The number of hydrogen-bond acceptors (Lipinski definition) is 2. The van der Waals surface area contributed by atoms with Crippen molar-refractivity contribution in [2.24, 2.45) is 0 Å². The number of rotatable bonds is 7. The molecule has 1 rings (SSSR count). The van der Waals surface area contributed by atoms with Crippen molar-refractivity contribution in [1.82, 2.24) is 5.32 Å². The molecule has 0 spiro atoms. The molecule has 19 heavy (non-hydrogen) atoms. The molecule has 0 aliphatic rings. The lowest BCUT2D eigenvalue weighted by Gasteiger charge is -2.15. The molecule has 106 valence electrons. The van der Waals surface area contributed by atoms with Crippen molar-refractivity contribution < 1.29 is 9.90 Å². The first-order valence-electron chi connectivity index (χ1n) is 6.72. The van der Waals surface area contributed by atoms with E-state index in [0.717, 1.165) is 17.3 Å². The molecule has 0 radical (unpaired) electrons. The molecule has 1 aromatic carbocycles. The zero-order valence-corrected chi connectivity index (χ0v) is 13.2. The molecular weight excluding hydrogens is 306 g/mol. The Balaban J connectivity index is 2.43. The zero-order chi connectivity index (χ0) is 14.3. The van der Waals surface area contributed by atoms with E-state index in [-0.39, 0.29) is 18.6 Å². The van der Waals surface area contributed by atoms with Crippen molar-refractivity contribution >= 4 is 21.8 Å². The lowest BCUT2D eigenvalue weighted by atomic mass is 10.1. The molecule has 0 aliphatic heterocycles. The molecule has 0 aliphatic carbocycles. The number of halogens is 1. The van der Waals surface area contributed by atoms with Crippen LogP contribution < -0.4 is 5.32 Å². The number of aliphatic hydroxyl groups is 1. The van der Waals surface area contributed by atoms with Gasteiger partial charge in [-0.15, -0.1) is 0 Å². The number of aliphatic hydroxyl groups excluding tert-OH is 1. The maximum Gasteiger partial charge on any atom is 0.220 e. The zero-order valence-electron chi connectivity index (χ0n) is 11.6. The summed E-state index contributed by atoms with van der Waals surface area (Å²) >= 11 is 3.47. The maximum absolute atomic E-state index is 11.8. The second-order valence-electron chi connectivity index (χ2n) is 4.77. The maximum atomic E-state index is 11.8. The normalized spacial score (nSPS) is 12.2. The van der Waals surface area contributed by atoms with Gasteiger partial charge in [-0.1, -0.05) is 35.0 Å². The van der Waals surface area contributed by atoms with Crippen LogP contribution in [0.4, 0.5) is 0 Å². The third kappa shape index (κ3) is 5.74. The highest BCUT2D eigenvalue weighted by Gasteiger charge is 2.09. The highest BCUT2D eigenvalue weighted by Crippen LogP contribution is 2.17. The van der Waals surface area contributed by atoms with Gasteiger partial charge in [-0.05, 0) is 43.4 Å². The van der Waals surface area contributed by atoms with E-state index in [0.29, 0.717) is 12.8 Å². The number of carbonyl (C=O) groups excluding carboxylic acids is 1. The van der Waals surface area contributed by atoms with E-state index in [4.69, 9.17) is 5.11 Å². The van der Waals surface area contributed by atoms with E-state index in [1.807, 2.05) is 26.0 Å². The van der Waals surface area contributed by atoms with E-state index in [1.54, 1.807) is 0 Å². The van der Waals surface area contributed by atoms with Gasteiger partial charge in [-0.2, -0.15) is 0 Å². The van der Waals surface area contributed by atoms with Crippen molar-refractivity contribution in [3.05, 3.63) is 33.8 Å². The molecule has 0 saturated carbocycles. The largest absolute Gasteiger partial charge is 0.396 e. The number of benzene rings is 1. The first-order valence-corrected chi connectivity index (χ1v) is 7.51. The van der Waals surface area contributed by atoms with Crippen LogP contribution in [0.15, 0.2) is 22.7 Å². The van der Waals surface area contributed by atoms with E-state index in [1.165, 1.54) is 11.1 Å². The van der Waals surface area contributed by atoms with Gasteiger partial charge >= 0.3 is 0 Å². The Morgan fingerprint density at radius 1 is 1.47 bits per heavy atom. The summed E-state index contributed by atoms with van der Waals surface area (Å²) < 4.78 is 1.09. The molecule has 0 fully saturated rings. The van der Waals surface area contributed by atoms with Gasteiger partial charge in [0.25, 0.3) is 0 Å². The molecule has 0 saturated heterocycles. The van der Waals surface area contributed by atoms with Crippen LogP contribution in [-0.4, -0.2) is 23.7 Å². The van der Waals surface area contributed by atoms with E-state index in [2.05, 4.69) is 27.3 Å². The molecule has 1 amide bonds. The second kappa shape index (κ2) is 8.33. The minimum absolute atomic E-state index is 0.0564. The van der Waals surface area contributed by atoms with Gasteiger partial charge in [-0.3, -0.25) is 4.79 Å². The molecule has 1 aromatic rings. The number of aryl methyl sites for hydroxylation is 2. The van der Waals surface area contributed by atoms with Crippen molar-refractivity contribution in [1.29, 1.82) is 0 Å². The molecule has 0 aromatic heterocycles. The highest BCUT2D eigenvalue weighted by atomic mass is 79.9. The van der Waals surface area contributed by atoms with Crippen LogP contribution in [0.3, 0.4) is 0 Å². The monoisotopic (exact) mass is 327 g/mol. The number of hydrogen-bond donors (Lipinski definition) is 2. The van der Waals surface area contributed by atoms with Crippen molar-refractivity contribution in [2.45, 2.75) is 45.6 Å². The van der Waals surface area contributed by atoms with Gasteiger partial charge in [0.05, 0.1) is 0 Å². The SMILES string of the molecule is CCC(CCO)NC(=O)CCc1ccc(Br)c(C)c1. The van der Waals surface area contributed by atoms with Crippen molar-refractivity contribution in [3.8, 4) is 0 Å². The Kier molecular flexibility index (Phi) is 7.10. The minimum Gasteiger partial charge on any atom is -0.396 e. The van der Waals surface area contributed by atoms with Gasteiger partial charge in [-0.25, -0.2) is 0 Å². The summed E-state index contributed by atoms with van der Waals surface area (Å²) in [6.45, 7) is 4.17. The topological polar surface area (TPSA) is 49.3 Å². The van der Waals surface area contributed by atoms with Crippen LogP contribution in [0.25, 0.3) is 0 Å². The quantitative estimate of drug-likeness (QED) is 0.808. The van der Waals surface area contributed by atoms with Gasteiger partial charge in [0.1, 0.15) is 0 Å². The molecule has 0 heterocycles. The summed E-state index contributed by atoms with van der Waals surface area (Å²) in [6.07, 6.45) is 2.71. The Bertz CT molecular complexity index is 421. The fraction of sp³-hybridized carbons (Fsp3) is 0.533. The van der Waals surface area contributed by atoms with E-state index in [9.17, 15) is 4.79 Å². The first-order chi connectivity index (χ1) is 9.06. The van der Waals surface area contributed by atoms with E-state index < -0.39 is 0 Å². The molecular formula is C15H22BrNO2. The predicted molar refractivity (Wildman–Crippen MR) is 81.1 cm³/mol. The van der Waals surface area contributed by atoms with Crippen LogP contribution in [0.5, 0.6) is 0 Å². The standard InChI is InChI=1S/C15H22BrNO2/c1-3-13(8-9-18)17-15(19)7-5-12-4-6-14(16)11(2)10-12/h4,6,10,13,18H,3,5,7-9H2,1-2H3,(H,17,19). The van der Waals surface area contributed by atoms with Gasteiger partial charge in [0, 0.05) is 23.5 Å². The highest BCUT2D eigenvalue weighted by molar-refractivity contribution is 9.10. The summed E-state index contributed by atoms with van der Waals surface area (Å²) in [5, 5.41) is 11.8. The van der Waals surface area contributed by atoms with Gasteiger partial charge < -0.3 is 10.4 Å². The Labute approximate surface area is 123 Å². The fourth-order valence-corrected chi connectivity index (χ4v) is 2.20. The smallest absolute Gasteiger partial charge is 0.220 e. The molecule has 1 atom stereocenters. The summed E-state index contributed by atoms with van der Waals surface area (Å²) in [7, 11) is 0. The summed E-state index contributed by atoms with van der Waals surface area (Å²) in [6, 6.07) is 6.24. The molecule has 2 N–H and O–H groups in total. The van der Waals surface area contributed by atoms with Gasteiger partial charge in [0.15, 0.2) is 0 Å². The predicted octanol–water partition coefficient (Wildman–Crippen LogP) is 2.97. The van der Waals surface area contributed by atoms with Crippen LogP contribution in [0.2, 0.25) is 0 Å². The first kappa shape index (κ1) is 16.2. The average Bonchev–Trinajstić information content (AvgIpc) is 2.39. The average molecular weight is 328 g/mol. The van der Waals surface area contributed by atoms with Crippen LogP contribution >= 0.6 is 15.9 Å². The molecule has 1 unspecified atom stereocenters. The summed E-state index contributed by atoms with van der Waals surface area (Å²) in [5.41, 5.74) is 2.36. The minimum atomic E-state index is 0.0564. The van der Waals surface area contributed by atoms with Crippen molar-refractivity contribution in [2.75, 3.05) is 6.61 Å². The van der Waals surface area contributed by atoms with Crippen LogP contribution in [0, 0.1) is 6.92 Å². The van der Waals surface area contributed by atoms with Crippen LogP contribution in [-0.2, 0) is 11.2 Å². The number of carbonyl (C=O) groups is 1. The lowest BCUT2D eigenvalue weighted by molar-refractivity contribution is -0.121. The number of nitrogens with one attached hydrogen (secondary N) is 1. The molecule has 4 heteroatoms. The second-order valence-corrected chi connectivity index (χ2v) is 5.62. The van der Waals surface area contributed by atoms with Crippen LogP contribution in [0.1, 0.15) is 37.3 Å². The van der Waals surface area contributed by atoms with E-state index >= 15 is 0 Å². The summed E-state index contributed by atoms with van der Waals surface area (Å²) in [4.78, 5) is 11.8. The molecule has 3 nitrogen and oxygen atoms in total.